The molecule has 1 amide bonds. The molecular weight excluding hydrogens is 393 g/mol. The minimum Gasteiger partial charge on any atom is -0.396 e. The zero-order valence-corrected chi connectivity index (χ0v) is 18.4. The van der Waals surface area contributed by atoms with E-state index < -0.39 is 17.0 Å². The third-order valence-electron chi connectivity index (χ3n) is 5.14. The van der Waals surface area contributed by atoms with Crippen molar-refractivity contribution in [1.29, 1.82) is 0 Å². The molecule has 3 N–H and O–H groups in total. The van der Waals surface area contributed by atoms with Crippen molar-refractivity contribution in [2.75, 3.05) is 19.0 Å². The van der Waals surface area contributed by atoms with E-state index in [2.05, 4.69) is 10.0 Å². The van der Waals surface area contributed by atoms with E-state index in [-0.39, 0.29) is 29.5 Å². The number of aryl methyl sites for hydroxylation is 1. The molecule has 1 aliphatic carbocycles. The fraction of sp³-hybridized carbons (Fsp3) is 0.571. The maximum atomic E-state index is 14.2. The second-order valence-electron chi connectivity index (χ2n) is 7.35. The number of hydrogen-bond acceptors (Lipinski definition) is 4. The zero-order valence-electron chi connectivity index (χ0n) is 17.6. The summed E-state index contributed by atoms with van der Waals surface area (Å²) in [7, 11) is 0.314. The number of aliphatic hydroxyl groups is 1. The lowest BCUT2D eigenvalue weighted by atomic mass is 10.1. The smallest absolute Gasteiger partial charge is 0.228 e. The van der Waals surface area contributed by atoms with Crippen LogP contribution in [0.15, 0.2) is 30.1 Å². The molecule has 1 heterocycles. The molecule has 1 aromatic carbocycles. The van der Waals surface area contributed by atoms with E-state index in [0.717, 1.165) is 18.4 Å². The van der Waals surface area contributed by atoms with Gasteiger partial charge < -0.3 is 20.0 Å². The average molecular weight is 426 g/mol. The number of carbonyl (C=O) groups is 1. The van der Waals surface area contributed by atoms with Gasteiger partial charge in [0.15, 0.2) is 0 Å². The molecule has 162 valence electrons. The fourth-order valence-corrected chi connectivity index (χ4v) is 4.66. The SMILES string of the molecule is CC.Cc1ccc(NC2CC(=O)N(C)C=C2NS(=O)C2(CCCO)CC2)c(F)c1. The van der Waals surface area contributed by atoms with Gasteiger partial charge in [0.1, 0.15) is 16.8 Å². The summed E-state index contributed by atoms with van der Waals surface area (Å²) in [5.74, 6) is -0.485. The monoisotopic (exact) mass is 425 g/mol. The molecule has 0 radical (unpaired) electrons. The van der Waals surface area contributed by atoms with E-state index >= 15 is 0 Å². The highest BCUT2D eigenvalue weighted by Crippen LogP contribution is 2.45. The number of rotatable bonds is 8. The lowest BCUT2D eigenvalue weighted by Gasteiger charge is -2.31. The molecule has 0 saturated heterocycles. The van der Waals surface area contributed by atoms with Crippen molar-refractivity contribution in [1.82, 2.24) is 9.62 Å². The van der Waals surface area contributed by atoms with Gasteiger partial charge in [0, 0.05) is 19.9 Å². The molecule has 1 aliphatic heterocycles. The topological polar surface area (TPSA) is 81.7 Å². The second kappa shape index (κ2) is 10.2. The summed E-state index contributed by atoms with van der Waals surface area (Å²) in [5.41, 5.74) is 1.72. The molecule has 1 aromatic rings. The number of carbonyl (C=O) groups excluding carboxylic acids is 1. The van der Waals surface area contributed by atoms with Crippen LogP contribution in [0.4, 0.5) is 10.1 Å². The summed E-state index contributed by atoms with van der Waals surface area (Å²) in [6.45, 7) is 5.89. The van der Waals surface area contributed by atoms with Crippen molar-refractivity contribution >= 4 is 22.6 Å². The van der Waals surface area contributed by atoms with E-state index in [1.807, 2.05) is 20.8 Å². The maximum absolute atomic E-state index is 14.2. The lowest BCUT2D eigenvalue weighted by Crippen LogP contribution is -2.43. The first-order valence-electron chi connectivity index (χ1n) is 10.1. The first-order valence-corrected chi connectivity index (χ1v) is 11.3. The van der Waals surface area contributed by atoms with Crippen molar-refractivity contribution in [2.24, 2.45) is 0 Å². The number of hydrogen-bond donors (Lipinski definition) is 3. The van der Waals surface area contributed by atoms with Crippen LogP contribution < -0.4 is 10.0 Å². The van der Waals surface area contributed by atoms with Crippen LogP contribution in [0, 0.1) is 12.7 Å². The van der Waals surface area contributed by atoms with Crippen LogP contribution in [-0.4, -0.2) is 44.6 Å². The molecule has 2 atom stereocenters. The average Bonchev–Trinajstić information content (AvgIpc) is 3.49. The van der Waals surface area contributed by atoms with E-state index in [9.17, 15) is 13.4 Å². The van der Waals surface area contributed by atoms with Gasteiger partial charge in [0.25, 0.3) is 0 Å². The molecule has 3 rings (SSSR count). The lowest BCUT2D eigenvalue weighted by molar-refractivity contribution is -0.128. The van der Waals surface area contributed by atoms with Gasteiger partial charge in [-0.15, -0.1) is 0 Å². The van der Waals surface area contributed by atoms with Gasteiger partial charge in [0.2, 0.25) is 5.91 Å². The Labute approximate surface area is 175 Å². The summed E-state index contributed by atoms with van der Waals surface area (Å²) in [4.78, 5) is 13.6. The Kier molecular flexibility index (Phi) is 8.22. The van der Waals surface area contributed by atoms with E-state index in [0.29, 0.717) is 24.2 Å². The van der Waals surface area contributed by atoms with Crippen molar-refractivity contribution in [3.8, 4) is 0 Å². The third kappa shape index (κ3) is 5.79. The number of nitrogens with zero attached hydrogens (tertiary/aromatic N) is 1. The predicted molar refractivity (Wildman–Crippen MR) is 115 cm³/mol. The molecule has 2 aliphatic rings. The van der Waals surface area contributed by atoms with E-state index in [1.165, 1.54) is 11.0 Å². The van der Waals surface area contributed by atoms with Gasteiger partial charge >= 0.3 is 0 Å². The number of halogens is 1. The van der Waals surface area contributed by atoms with E-state index in [1.54, 1.807) is 25.4 Å². The van der Waals surface area contributed by atoms with Gasteiger partial charge in [-0.25, -0.2) is 8.60 Å². The van der Waals surface area contributed by atoms with Crippen molar-refractivity contribution in [3.63, 3.8) is 0 Å². The zero-order chi connectivity index (χ0) is 21.6. The van der Waals surface area contributed by atoms with Gasteiger partial charge in [-0.2, -0.15) is 0 Å². The third-order valence-corrected chi connectivity index (χ3v) is 6.96. The molecular formula is C21H32FN3O3S. The number of amides is 1. The summed E-state index contributed by atoms with van der Waals surface area (Å²) in [6.07, 6.45) is 4.76. The molecule has 29 heavy (non-hydrogen) atoms. The second-order valence-corrected chi connectivity index (χ2v) is 8.96. The van der Waals surface area contributed by atoms with Crippen LogP contribution in [0.25, 0.3) is 0 Å². The van der Waals surface area contributed by atoms with Crippen LogP contribution >= 0.6 is 0 Å². The molecule has 0 spiro atoms. The number of nitrogens with one attached hydrogen (secondary N) is 2. The first-order chi connectivity index (χ1) is 13.8. The Morgan fingerprint density at radius 1 is 1.34 bits per heavy atom. The largest absolute Gasteiger partial charge is 0.396 e. The Bertz CT molecular complexity index is 780. The highest BCUT2D eigenvalue weighted by Gasteiger charge is 2.49. The van der Waals surface area contributed by atoms with Crippen LogP contribution in [0.1, 0.15) is 51.5 Å². The molecule has 2 unspecified atom stereocenters. The molecule has 6 nitrogen and oxygen atoms in total. The van der Waals surface area contributed by atoms with Gasteiger partial charge in [-0.05, 0) is 50.3 Å². The minimum absolute atomic E-state index is 0.0791. The number of benzene rings is 1. The number of aliphatic hydroxyl groups excluding tert-OH is 1. The summed E-state index contributed by atoms with van der Waals surface area (Å²) >= 11 is 0. The molecule has 8 heteroatoms. The fourth-order valence-electron chi connectivity index (χ4n) is 3.23. The van der Waals surface area contributed by atoms with Crippen LogP contribution in [0.3, 0.4) is 0 Å². The Hall–Kier alpha value is -1.93. The molecule has 0 aromatic heterocycles. The van der Waals surface area contributed by atoms with Gasteiger partial charge in [0.05, 0.1) is 28.6 Å². The quantitative estimate of drug-likeness (QED) is 0.597. The minimum atomic E-state index is -1.33. The Morgan fingerprint density at radius 3 is 2.62 bits per heavy atom. The predicted octanol–water partition coefficient (Wildman–Crippen LogP) is 3.20. The highest BCUT2D eigenvalue weighted by molar-refractivity contribution is 7.85. The molecule has 1 fully saturated rings. The standard InChI is InChI=1S/C19H26FN3O3S.C2H6/c1-13-4-5-15(14(20)10-13)21-16-11-18(25)23(2)12-17(16)22-27(26)19(7-8-19)6-3-9-24;1-2/h4-5,10,12,16,21-22,24H,3,6-9,11H2,1-2H3;1-2H3. The summed E-state index contributed by atoms with van der Waals surface area (Å²) < 4.78 is 29.8. The van der Waals surface area contributed by atoms with Crippen molar-refractivity contribution < 1.29 is 18.5 Å². The first kappa shape index (κ1) is 23.3. The van der Waals surface area contributed by atoms with Crippen LogP contribution in [0.5, 0.6) is 0 Å². The van der Waals surface area contributed by atoms with Gasteiger partial charge in [-0.3, -0.25) is 4.79 Å². The Morgan fingerprint density at radius 2 is 2.03 bits per heavy atom. The molecule has 0 bridgehead atoms. The molecule has 1 saturated carbocycles. The van der Waals surface area contributed by atoms with E-state index in [4.69, 9.17) is 5.11 Å². The van der Waals surface area contributed by atoms with Crippen LogP contribution in [-0.2, 0) is 15.8 Å². The van der Waals surface area contributed by atoms with Crippen molar-refractivity contribution in [3.05, 3.63) is 41.5 Å². The Balaban J connectivity index is 0.00000145. The van der Waals surface area contributed by atoms with Crippen molar-refractivity contribution in [2.45, 2.75) is 63.7 Å². The van der Waals surface area contributed by atoms with Crippen LogP contribution in [0.2, 0.25) is 0 Å². The highest BCUT2D eigenvalue weighted by atomic mass is 32.2. The maximum Gasteiger partial charge on any atom is 0.228 e. The van der Waals surface area contributed by atoms with Gasteiger partial charge in [-0.1, -0.05) is 19.9 Å². The number of anilines is 1. The summed E-state index contributed by atoms with van der Waals surface area (Å²) in [5, 5.41) is 12.1. The summed E-state index contributed by atoms with van der Waals surface area (Å²) in [6, 6.07) is 4.39. The normalized spacial score (nSPS) is 20.9.